The molecule has 2 unspecified atom stereocenters. The topological polar surface area (TPSA) is 58.6 Å². The van der Waals surface area contributed by atoms with Crippen molar-refractivity contribution in [1.82, 2.24) is 5.32 Å². The highest BCUT2D eigenvalue weighted by Gasteiger charge is 2.20. The fourth-order valence-electron chi connectivity index (χ4n) is 1.25. The molecule has 0 saturated heterocycles. The SMILES string of the molecule is COC(=O)C(CSC(C)CCO)NC(C)C. The molecular formula is C11H23NO3S. The average molecular weight is 249 g/mol. The van der Waals surface area contributed by atoms with Gasteiger partial charge in [-0.2, -0.15) is 11.8 Å². The Bertz CT molecular complexity index is 200. The molecule has 0 aromatic carbocycles. The number of nitrogens with one attached hydrogen (secondary N) is 1. The van der Waals surface area contributed by atoms with Crippen LogP contribution >= 0.6 is 11.8 Å². The van der Waals surface area contributed by atoms with E-state index in [0.29, 0.717) is 11.0 Å². The maximum absolute atomic E-state index is 11.5. The molecule has 0 heterocycles. The smallest absolute Gasteiger partial charge is 0.323 e. The van der Waals surface area contributed by atoms with Gasteiger partial charge in [-0.3, -0.25) is 4.79 Å². The molecule has 5 heteroatoms. The van der Waals surface area contributed by atoms with E-state index in [2.05, 4.69) is 5.32 Å². The van der Waals surface area contributed by atoms with Crippen molar-refractivity contribution in [1.29, 1.82) is 0 Å². The third kappa shape index (κ3) is 7.09. The summed E-state index contributed by atoms with van der Waals surface area (Å²) in [6, 6.07) is -0.0195. The minimum absolute atomic E-state index is 0.189. The van der Waals surface area contributed by atoms with Crippen molar-refractivity contribution in [3.05, 3.63) is 0 Å². The van der Waals surface area contributed by atoms with Gasteiger partial charge in [0.15, 0.2) is 0 Å². The van der Waals surface area contributed by atoms with Gasteiger partial charge in [0.1, 0.15) is 6.04 Å². The zero-order chi connectivity index (χ0) is 12.6. The van der Waals surface area contributed by atoms with Crippen molar-refractivity contribution in [2.75, 3.05) is 19.5 Å². The number of esters is 1. The minimum atomic E-state index is -0.267. The van der Waals surface area contributed by atoms with Crippen molar-refractivity contribution in [3.8, 4) is 0 Å². The molecular weight excluding hydrogens is 226 g/mol. The summed E-state index contributed by atoms with van der Waals surface area (Å²) in [4.78, 5) is 11.5. The van der Waals surface area contributed by atoms with Gasteiger partial charge in [-0.15, -0.1) is 0 Å². The van der Waals surface area contributed by atoms with E-state index < -0.39 is 0 Å². The van der Waals surface area contributed by atoms with Crippen LogP contribution in [0.3, 0.4) is 0 Å². The lowest BCUT2D eigenvalue weighted by atomic mass is 10.3. The van der Waals surface area contributed by atoms with Crippen LogP contribution in [0.25, 0.3) is 0 Å². The monoisotopic (exact) mass is 249 g/mol. The van der Waals surface area contributed by atoms with E-state index >= 15 is 0 Å². The van der Waals surface area contributed by atoms with Gasteiger partial charge in [0.05, 0.1) is 7.11 Å². The van der Waals surface area contributed by atoms with Crippen LogP contribution < -0.4 is 5.32 Å². The zero-order valence-corrected chi connectivity index (χ0v) is 11.3. The first kappa shape index (κ1) is 15.7. The predicted octanol–water partition coefficient (Wildman–Crippen LogP) is 1.03. The molecule has 0 radical (unpaired) electrons. The van der Waals surface area contributed by atoms with Crippen LogP contribution in [0.5, 0.6) is 0 Å². The normalized spacial score (nSPS) is 14.9. The first-order chi connectivity index (χ1) is 7.51. The molecule has 0 rings (SSSR count). The Balaban J connectivity index is 4.05. The molecule has 0 aliphatic heterocycles. The molecule has 2 N–H and O–H groups in total. The molecule has 16 heavy (non-hydrogen) atoms. The van der Waals surface area contributed by atoms with Crippen LogP contribution in [0.2, 0.25) is 0 Å². The molecule has 0 aromatic heterocycles. The second kappa shape index (κ2) is 8.84. The van der Waals surface area contributed by atoms with Crippen molar-refractivity contribution in [2.24, 2.45) is 0 Å². The number of ether oxygens (including phenoxy) is 1. The third-order valence-corrected chi connectivity index (χ3v) is 3.43. The van der Waals surface area contributed by atoms with Crippen LogP contribution in [0, 0.1) is 0 Å². The van der Waals surface area contributed by atoms with Gasteiger partial charge in [0.25, 0.3) is 0 Å². The van der Waals surface area contributed by atoms with Gasteiger partial charge in [0.2, 0.25) is 0 Å². The minimum Gasteiger partial charge on any atom is -0.468 e. The summed E-state index contributed by atoms with van der Waals surface area (Å²) in [7, 11) is 1.40. The Morgan fingerprint density at radius 1 is 1.44 bits per heavy atom. The Labute approximate surface area is 102 Å². The summed E-state index contributed by atoms with van der Waals surface area (Å²) in [5.41, 5.74) is 0. The van der Waals surface area contributed by atoms with Crippen LogP contribution in [-0.2, 0) is 9.53 Å². The van der Waals surface area contributed by atoms with Crippen LogP contribution in [0.4, 0.5) is 0 Å². The van der Waals surface area contributed by atoms with E-state index in [9.17, 15) is 4.79 Å². The van der Waals surface area contributed by atoms with Gasteiger partial charge >= 0.3 is 5.97 Å². The van der Waals surface area contributed by atoms with E-state index in [1.807, 2.05) is 20.8 Å². The van der Waals surface area contributed by atoms with Crippen molar-refractivity contribution < 1.29 is 14.6 Å². The summed E-state index contributed by atoms with van der Waals surface area (Å²) in [6.07, 6.45) is 0.750. The van der Waals surface area contributed by atoms with E-state index in [-0.39, 0.29) is 24.7 Å². The molecule has 0 spiro atoms. The highest BCUT2D eigenvalue weighted by Crippen LogP contribution is 2.15. The average Bonchev–Trinajstić information content (AvgIpc) is 2.23. The fraction of sp³-hybridized carbons (Fsp3) is 0.909. The second-order valence-corrected chi connectivity index (χ2v) is 5.52. The number of methoxy groups -OCH3 is 1. The van der Waals surface area contributed by atoms with E-state index in [4.69, 9.17) is 9.84 Å². The fourth-order valence-corrected chi connectivity index (χ4v) is 2.28. The number of carbonyl (C=O) groups excluding carboxylic acids is 1. The molecule has 0 amide bonds. The molecule has 2 atom stereocenters. The summed E-state index contributed by atoms with van der Waals surface area (Å²) in [5, 5.41) is 12.3. The summed E-state index contributed by atoms with van der Waals surface area (Å²) < 4.78 is 4.74. The summed E-state index contributed by atoms with van der Waals surface area (Å²) in [5.74, 6) is 0.448. The van der Waals surface area contributed by atoms with Crippen LogP contribution in [0.1, 0.15) is 27.2 Å². The number of hydrogen-bond donors (Lipinski definition) is 2. The first-order valence-corrected chi connectivity index (χ1v) is 6.62. The highest BCUT2D eigenvalue weighted by molar-refractivity contribution is 7.99. The number of rotatable bonds is 8. The molecule has 0 fully saturated rings. The molecule has 0 aromatic rings. The molecule has 0 aliphatic rings. The largest absolute Gasteiger partial charge is 0.468 e. The van der Waals surface area contributed by atoms with Gasteiger partial charge in [-0.1, -0.05) is 20.8 Å². The number of carbonyl (C=O) groups is 1. The summed E-state index contributed by atoms with van der Waals surface area (Å²) >= 11 is 1.67. The van der Waals surface area contributed by atoms with Crippen molar-refractivity contribution in [3.63, 3.8) is 0 Å². The molecule has 0 bridgehead atoms. The first-order valence-electron chi connectivity index (χ1n) is 5.57. The molecule has 0 aliphatic carbocycles. The lowest BCUT2D eigenvalue weighted by Crippen LogP contribution is -2.43. The van der Waals surface area contributed by atoms with Gasteiger partial charge in [-0.05, 0) is 6.42 Å². The predicted molar refractivity (Wildman–Crippen MR) is 67.7 cm³/mol. The summed E-state index contributed by atoms with van der Waals surface area (Å²) in [6.45, 7) is 6.23. The van der Waals surface area contributed by atoms with E-state index in [0.717, 1.165) is 6.42 Å². The molecule has 96 valence electrons. The Kier molecular flexibility index (Phi) is 8.70. The van der Waals surface area contributed by atoms with Gasteiger partial charge in [-0.25, -0.2) is 0 Å². The van der Waals surface area contributed by atoms with E-state index in [1.54, 1.807) is 11.8 Å². The quantitative estimate of drug-likeness (QED) is 0.629. The number of hydrogen-bond acceptors (Lipinski definition) is 5. The zero-order valence-electron chi connectivity index (χ0n) is 10.5. The lowest BCUT2D eigenvalue weighted by molar-refractivity contribution is -0.142. The Morgan fingerprint density at radius 3 is 2.50 bits per heavy atom. The van der Waals surface area contributed by atoms with Crippen molar-refractivity contribution >= 4 is 17.7 Å². The Hall–Kier alpha value is -0.260. The number of thioether (sulfide) groups is 1. The maximum atomic E-state index is 11.5. The standard InChI is InChI=1S/C11H23NO3S/c1-8(2)12-10(11(14)15-4)7-16-9(3)5-6-13/h8-10,12-13H,5-7H2,1-4H3. The molecule has 4 nitrogen and oxygen atoms in total. The maximum Gasteiger partial charge on any atom is 0.323 e. The van der Waals surface area contributed by atoms with Gasteiger partial charge in [0, 0.05) is 23.7 Å². The van der Waals surface area contributed by atoms with Gasteiger partial charge < -0.3 is 15.2 Å². The second-order valence-electron chi connectivity index (χ2n) is 4.05. The highest BCUT2D eigenvalue weighted by atomic mass is 32.2. The lowest BCUT2D eigenvalue weighted by Gasteiger charge is -2.20. The Morgan fingerprint density at radius 2 is 2.06 bits per heavy atom. The van der Waals surface area contributed by atoms with Crippen LogP contribution in [0.15, 0.2) is 0 Å². The molecule has 0 saturated carbocycles. The number of aliphatic hydroxyl groups excluding tert-OH is 1. The number of aliphatic hydroxyl groups is 1. The van der Waals surface area contributed by atoms with Crippen LogP contribution in [-0.4, -0.2) is 47.9 Å². The van der Waals surface area contributed by atoms with Crippen molar-refractivity contribution in [2.45, 2.75) is 44.5 Å². The third-order valence-electron chi connectivity index (χ3n) is 2.10. The van der Waals surface area contributed by atoms with E-state index in [1.165, 1.54) is 7.11 Å².